The minimum absolute atomic E-state index is 0.0912. The van der Waals surface area contributed by atoms with Gasteiger partial charge in [0.1, 0.15) is 24.4 Å². The Kier molecular flexibility index (Phi) is 15.1. The molecule has 13 nitrogen and oxygen atoms in total. The van der Waals surface area contributed by atoms with Gasteiger partial charge in [0.2, 0.25) is 11.8 Å². The molecule has 0 radical (unpaired) electrons. The van der Waals surface area contributed by atoms with Crippen LogP contribution in [-0.2, 0) is 28.5 Å². The summed E-state index contributed by atoms with van der Waals surface area (Å²) in [6.07, 6.45) is -0.315. The fourth-order valence-corrected chi connectivity index (χ4v) is 4.67. The molecule has 0 saturated heterocycles. The smallest absolute Gasteiger partial charge is 0.434 e. The van der Waals surface area contributed by atoms with Gasteiger partial charge in [0.05, 0.1) is 24.1 Å². The van der Waals surface area contributed by atoms with E-state index in [-0.39, 0.29) is 43.1 Å². The molecule has 2 N–H and O–H groups in total. The Bertz CT molecular complexity index is 882. The lowest BCUT2D eigenvalue weighted by Gasteiger charge is -2.22. The highest BCUT2D eigenvalue weighted by Gasteiger charge is 2.22. The van der Waals surface area contributed by atoms with Gasteiger partial charge in [-0.3, -0.25) is 25.0 Å². The lowest BCUT2D eigenvalue weighted by Crippen LogP contribution is -2.33. The molecule has 0 aliphatic heterocycles. The van der Waals surface area contributed by atoms with Gasteiger partial charge in [0.25, 0.3) is 5.69 Å². The van der Waals surface area contributed by atoms with Crippen LogP contribution in [0.1, 0.15) is 46.5 Å². The molecule has 0 saturated carbocycles. The van der Waals surface area contributed by atoms with Crippen LogP contribution in [0.25, 0.3) is 0 Å². The van der Waals surface area contributed by atoms with Crippen LogP contribution in [0.4, 0.5) is 10.5 Å². The van der Waals surface area contributed by atoms with Crippen molar-refractivity contribution in [2.75, 3.05) is 26.9 Å². The first-order chi connectivity index (χ1) is 17.5. The average Bonchev–Trinajstić information content (AvgIpc) is 2.87. The second-order valence-corrected chi connectivity index (χ2v) is 11.0. The molecule has 15 heteroatoms. The summed E-state index contributed by atoms with van der Waals surface area (Å²) in [6, 6.07) is 2.93. The molecule has 0 spiro atoms. The number of nitrogens with zero attached hydrogens (tertiary/aromatic N) is 2. The van der Waals surface area contributed by atoms with Crippen LogP contribution >= 0.6 is 21.6 Å². The van der Waals surface area contributed by atoms with Crippen molar-refractivity contribution in [3.05, 3.63) is 28.4 Å². The van der Waals surface area contributed by atoms with Crippen molar-refractivity contribution >= 4 is 45.2 Å². The maximum Gasteiger partial charge on any atom is 0.508 e. The summed E-state index contributed by atoms with van der Waals surface area (Å²) in [5, 5.41) is 22.7. The maximum absolute atomic E-state index is 12.1. The number of hydrogen-bond donors (Lipinski definition) is 2. The van der Waals surface area contributed by atoms with E-state index in [0.717, 1.165) is 0 Å². The summed E-state index contributed by atoms with van der Waals surface area (Å²) in [6.45, 7) is 4.92. The van der Waals surface area contributed by atoms with E-state index in [1.54, 1.807) is 6.07 Å². The summed E-state index contributed by atoms with van der Waals surface area (Å²) >= 11 is 0. The van der Waals surface area contributed by atoms with Crippen LogP contribution in [0, 0.1) is 10.1 Å². The van der Waals surface area contributed by atoms with E-state index in [2.05, 4.69) is 10.3 Å². The molecule has 0 fully saturated rings. The number of amides is 2. The van der Waals surface area contributed by atoms with E-state index in [4.69, 9.17) is 24.1 Å². The van der Waals surface area contributed by atoms with Crippen molar-refractivity contribution in [2.24, 2.45) is 0 Å². The zero-order valence-corrected chi connectivity index (χ0v) is 22.8. The Morgan fingerprint density at radius 3 is 2.49 bits per heavy atom. The highest BCUT2D eigenvalue weighted by Crippen LogP contribution is 2.42. The molecule has 1 aromatic rings. The lowest BCUT2D eigenvalue weighted by atomic mass is 10.1. The Morgan fingerprint density at radius 1 is 1.22 bits per heavy atom. The van der Waals surface area contributed by atoms with Crippen molar-refractivity contribution in [3.8, 4) is 0 Å². The van der Waals surface area contributed by atoms with Gasteiger partial charge in [0.15, 0.2) is 6.29 Å². The predicted molar refractivity (Wildman–Crippen MR) is 136 cm³/mol. The zero-order chi connectivity index (χ0) is 27.8. The Labute approximate surface area is 222 Å². The molecule has 1 rings (SSSR count). The highest BCUT2D eigenvalue weighted by atomic mass is 33.1. The van der Waals surface area contributed by atoms with Gasteiger partial charge >= 0.3 is 6.16 Å². The molecule has 2 amide bonds. The fraction of sp³-hybridized carbons (Fsp3) is 0.636. The van der Waals surface area contributed by atoms with Gasteiger partial charge in [0, 0.05) is 24.3 Å². The van der Waals surface area contributed by atoms with Crippen LogP contribution in [0.5, 0.6) is 0 Å². The van der Waals surface area contributed by atoms with Crippen molar-refractivity contribution in [2.45, 2.75) is 68.6 Å². The average molecular weight is 564 g/mol. The number of aromatic nitrogens is 1. The number of aliphatic hydroxyl groups is 1. The van der Waals surface area contributed by atoms with Crippen molar-refractivity contribution in [1.29, 1.82) is 0 Å². The SMILES string of the molecule is CCC(CO)OC(COC(=O)OCCC(=O)NC(=O)CCC(C)(C)SSc1ccc([N+](=O)[O-])cn1)OC. The van der Waals surface area contributed by atoms with Crippen LogP contribution in [0.3, 0.4) is 0 Å². The summed E-state index contributed by atoms with van der Waals surface area (Å²) < 4.78 is 19.7. The molecule has 0 aliphatic carbocycles. The molecule has 2 unspecified atom stereocenters. The minimum atomic E-state index is -1.03. The monoisotopic (exact) mass is 563 g/mol. The number of methoxy groups -OCH3 is 1. The second-order valence-electron chi connectivity index (χ2n) is 8.18. The first-order valence-electron chi connectivity index (χ1n) is 11.4. The molecule has 0 aromatic carbocycles. The Balaban J connectivity index is 2.26. The fourth-order valence-electron chi connectivity index (χ4n) is 2.47. The molecular formula is C22H33N3O10S2. The number of carbonyl (C=O) groups excluding carboxylic acids is 3. The minimum Gasteiger partial charge on any atom is -0.434 e. The summed E-state index contributed by atoms with van der Waals surface area (Å²) in [5.41, 5.74) is -0.0917. The standard InChI is InChI=1S/C22H33N3O10S2/c1-5-16(13-26)35-20(32-4)14-34-21(29)33-11-9-18(28)24-17(27)8-10-22(2,3)37-36-19-7-6-15(12-23-19)25(30)31/h6-7,12,16,20,26H,5,8-11,13-14H2,1-4H3,(H,24,27,28). The summed E-state index contributed by atoms with van der Waals surface area (Å²) in [5.74, 6) is -1.06. The highest BCUT2D eigenvalue weighted by molar-refractivity contribution is 8.77. The maximum atomic E-state index is 12.1. The van der Waals surface area contributed by atoms with Crippen LogP contribution in [0.15, 0.2) is 23.4 Å². The number of rotatable bonds is 17. The van der Waals surface area contributed by atoms with E-state index in [0.29, 0.717) is 17.9 Å². The van der Waals surface area contributed by atoms with Gasteiger partial charge in [-0.15, -0.1) is 0 Å². The van der Waals surface area contributed by atoms with Crippen LogP contribution < -0.4 is 5.32 Å². The summed E-state index contributed by atoms with van der Waals surface area (Å²) in [7, 11) is 4.15. The number of nitrogens with one attached hydrogen (secondary N) is 1. The third-order valence-corrected chi connectivity index (χ3v) is 7.94. The molecule has 37 heavy (non-hydrogen) atoms. The van der Waals surface area contributed by atoms with Gasteiger partial charge in [-0.1, -0.05) is 17.7 Å². The number of imide groups is 1. The van der Waals surface area contributed by atoms with Crippen LogP contribution in [0.2, 0.25) is 0 Å². The van der Waals surface area contributed by atoms with Gasteiger partial charge < -0.3 is 24.1 Å². The Morgan fingerprint density at radius 2 is 1.92 bits per heavy atom. The summed E-state index contributed by atoms with van der Waals surface area (Å²) in [4.78, 5) is 50.0. The normalized spacial score (nSPS) is 12.9. The van der Waals surface area contributed by atoms with E-state index in [1.807, 2.05) is 20.8 Å². The van der Waals surface area contributed by atoms with E-state index < -0.39 is 35.3 Å². The quantitative estimate of drug-likeness (QED) is 0.0929. The topological polar surface area (TPSA) is 176 Å². The molecule has 1 aromatic heterocycles. The van der Waals surface area contributed by atoms with E-state index in [9.17, 15) is 24.5 Å². The zero-order valence-electron chi connectivity index (χ0n) is 21.2. The predicted octanol–water partition coefficient (Wildman–Crippen LogP) is 3.24. The number of ether oxygens (including phenoxy) is 4. The Hall–Kier alpha value is -2.46. The molecule has 1 heterocycles. The lowest BCUT2D eigenvalue weighted by molar-refractivity contribution is -0.385. The first-order valence-corrected chi connectivity index (χ1v) is 13.5. The molecule has 0 aliphatic rings. The first kappa shape index (κ1) is 32.6. The van der Waals surface area contributed by atoms with Crippen LogP contribution in [-0.4, -0.2) is 77.1 Å². The van der Waals surface area contributed by atoms with Gasteiger partial charge in [-0.25, -0.2) is 9.78 Å². The molecular weight excluding hydrogens is 530 g/mol. The number of aliphatic hydroxyl groups excluding tert-OH is 1. The van der Waals surface area contributed by atoms with E-state index in [1.165, 1.54) is 41.0 Å². The third-order valence-electron chi connectivity index (χ3n) is 4.67. The number of pyridine rings is 1. The number of nitro groups is 1. The van der Waals surface area contributed by atoms with Crippen molar-refractivity contribution < 1.29 is 43.4 Å². The third kappa shape index (κ3) is 14.2. The van der Waals surface area contributed by atoms with Crippen molar-refractivity contribution in [3.63, 3.8) is 0 Å². The van der Waals surface area contributed by atoms with Gasteiger partial charge in [-0.05, 0) is 43.5 Å². The second kappa shape index (κ2) is 17.1. The van der Waals surface area contributed by atoms with Gasteiger partial charge in [-0.2, -0.15) is 0 Å². The molecule has 2 atom stereocenters. The molecule has 208 valence electrons. The largest absolute Gasteiger partial charge is 0.508 e. The number of carbonyl (C=O) groups is 3. The molecule has 0 bridgehead atoms. The number of hydrogen-bond acceptors (Lipinski definition) is 13. The van der Waals surface area contributed by atoms with Crippen molar-refractivity contribution in [1.82, 2.24) is 10.3 Å². The van der Waals surface area contributed by atoms with E-state index >= 15 is 0 Å².